The van der Waals surface area contributed by atoms with Crippen molar-refractivity contribution in [2.24, 2.45) is 11.5 Å². The first-order valence-electron chi connectivity index (χ1n) is 4.88. The summed E-state index contributed by atoms with van der Waals surface area (Å²) in [5.74, 6) is -3.43. The number of carboxylic acid groups (broad SMARTS) is 1. The fourth-order valence-corrected chi connectivity index (χ4v) is 1.51. The van der Waals surface area contributed by atoms with Crippen molar-refractivity contribution in [1.29, 1.82) is 0 Å². The van der Waals surface area contributed by atoms with Crippen LogP contribution in [0.2, 0.25) is 0 Å². The Balaban J connectivity index is 4.40. The molecular weight excluding hydrogens is 266 g/mol. The van der Waals surface area contributed by atoms with Crippen molar-refractivity contribution in [1.82, 2.24) is 5.32 Å². The summed E-state index contributed by atoms with van der Waals surface area (Å²) in [5, 5.41) is 10.8. The van der Waals surface area contributed by atoms with Gasteiger partial charge in [0.2, 0.25) is 11.8 Å². The molecule has 2 amide bonds. The van der Waals surface area contributed by atoms with Crippen LogP contribution in [0, 0.1) is 0 Å². The van der Waals surface area contributed by atoms with Crippen LogP contribution in [0.4, 0.5) is 0 Å². The van der Waals surface area contributed by atoms with Crippen LogP contribution in [0.25, 0.3) is 0 Å². The molecule has 0 aliphatic rings. The molecule has 3 unspecified atom stereocenters. The van der Waals surface area contributed by atoms with E-state index in [0.29, 0.717) is 0 Å². The molecule has 104 valence electrons. The number of primary amides is 1. The van der Waals surface area contributed by atoms with Crippen LogP contribution in [0.5, 0.6) is 0 Å². The van der Waals surface area contributed by atoms with Crippen molar-refractivity contribution in [3.8, 4) is 0 Å². The summed E-state index contributed by atoms with van der Waals surface area (Å²) in [5.41, 5.74) is 10.1. The van der Waals surface area contributed by atoms with E-state index in [-0.39, 0.29) is 12.8 Å². The third-order valence-electron chi connectivity index (χ3n) is 1.95. The van der Waals surface area contributed by atoms with Crippen molar-refractivity contribution in [3.63, 3.8) is 0 Å². The third-order valence-corrected chi connectivity index (χ3v) is 2.60. The number of carbonyl (C=O) groups is 3. The average Bonchev–Trinajstić information content (AvgIpc) is 2.21. The van der Waals surface area contributed by atoms with Gasteiger partial charge >= 0.3 is 5.97 Å². The monoisotopic (exact) mass is 281 g/mol. The predicted octanol–water partition coefficient (Wildman–Crippen LogP) is -2.63. The summed E-state index contributed by atoms with van der Waals surface area (Å²) >= 11 is -2.26. The highest BCUT2D eigenvalue weighted by Gasteiger charge is 2.24. The van der Waals surface area contributed by atoms with Gasteiger partial charge in [0, 0.05) is 6.42 Å². The molecule has 0 bridgehead atoms. The minimum Gasteiger partial charge on any atom is -0.480 e. The van der Waals surface area contributed by atoms with Crippen LogP contribution in [0.1, 0.15) is 12.8 Å². The molecule has 0 heterocycles. The lowest BCUT2D eigenvalue weighted by Crippen LogP contribution is -2.50. The molecule has 9 nitrogen and oxygen atoms in total. The lowest BCUT2D eigenvalue weighted by atomic mass is 10.1. The third kappa shape index (κ3) is 6.93. The number of hydrogen-bond donors (Lipinski definition) is 5. The van der Waals surface area contributed by atoms with Gasteiger partial charge in [0.1, 0.15) is 6.04 Å². The smallest absolute Gasteiger partial charge is 0.326 e. The van der Waals surface area contributed by atoms with Crippen molar-refractivity contribution in [3.05, 3.63) is 0 Å². The van der Waals surface area contributed by atoms with Crippen LogP contribution >= 0.6 is 0 Å². The maximum Gasteiger partial charge on any atom is 0.326 e. The zero-order valence-electron chi connectivity index (χ0n) is 9.37. The molecule has 0 aromatic heterocycles. The number of carbonyl (C=O) groups excluding carboxylic acids is 2. The first-order chi connectivity index (χ1) is 8.23. The van der Waals surface area contributed by atoms with Crippen LogP contribution in [0.3, 0.4) is 0 Å². The van der Waals surface area contributed by atoms with Crippen molar-refractivity contribution < 1.29 is 28.3 Å². The number of hydrogen-bond acceptors (Lipinski definition) is 5. The van der Waals surface area contributed by atoms with E-state index in [0.717, 1.165) is 0 Å². The Morgan fingerprint density at radius 1 is 1.33 bits per heavy atom. The minimum absolute atomic E-state index is 0.175. The van der Waals surface area contributed by atoms with E-state index in [2.05, 4.69) is 5.32 Å². The maximum absolute atomic E-state index is 11.4. The van der Waals surface area contributed by atoms with Crippen molar-refractivity contribution in [2.75, 3.05) is 5.75 Å². The largest absolute Gasteiger partial charge is 0.480 e. The molecule has 0 rings (SSSR count). The maximum atomic E-state index is 11.4. The second kappa shape index (κ2) is 7.74. The van der Waals surface area contributed by atoms with Gasteiger partial charge in [0.15, 0.2) is 11.1 Å². The van der Waals surface area contributed by atoms with Gasteiger partial charge < -0.3 is 26.4 Å². The highest BCUT2D eigenvalue weighted by Crippen LogP contribution is 1.98. The standard InChI is InChI=1S/C8H15N3O6S/c9-4(3-18(16)17)7(13)11-5(8(14)15)1-2-6(10)12/h4-5H,1-3,9H2,(H2,10,12)(H,11,13)(H,14,15)(H,16,17). The van der Waals surface area contributed by atoms with Gasteiger partial charge in [-0.2, -0.15) is 0 Å². The molecule has 0 fully saturated rings. The average molecular weight is 281 g/mol. The SMILES string of the molecule is NC(=O)CCC(NC(=O)C(N)CS(=O)O)C(=O)O. The molecule has 0 saturated heterocycles. The van der Waals surface area contributed by atoms with E-state index in [1.165, 1.54) is 0 Å². The fourth-order valence-electron chi connectivity index (χ4n) is 1.05. The van der Waals surface area contributed by atoms with Crippen LogP contribution in [-0.4, -0.2) is 49.5 Å². The van der Waals surface area contributed by atoms with Gasteiger partial charge in [-0.25, -0.2) is 9.00 Å². The van der Waals surface area contributed by atoms with Gasteiger partial charge in [0.05, 0.1) is 11.8 Å². The Morgan fingerprint density at radius 3 is 2.28 bits per heavy atom. The first-order valence-corrected chi connectivity index (χ1v) is 6.16. The molecule has 0 spiro atoms. The quantitative estimate of drug-likeness (QED) is 0.302. The summed E-state index contributed by atoms with van der Waals surface area (Å²) < 4.78 is 18.9. The zero-order chi connectivity index (χ0) is 14.3. The molecule has 0 radical (unpaired) electrons. The second-order valence-electron chi connectivity index (χ2n) is 3.50. The minimum atomic E-state index is -2.26. The van der Waals surface area contributed by atoms with Crippen molar-refractivity contribution in [2.45, 2.75) is 24.9 Å². The molecule has 7 N–H and O–H groups in total. The number of carboxylic acids is 1. The number of aliphatic carboxylic acids is 1. The van der Waals surface area contributed by atoms with Gasteiger partial charge in [-0.3, -0.25) is 9.59 Å². The number of nitrogens with one attached hydrogen (secondary N) is 1. The molecule has 0 aromatic carbocycles. The summed E-state index contributed by atoms with van der Waals surface area (Å²) in [6, 6.07) is -2.62. The van der Waals surface area contributed by atoms with E-state index < -0.39 is 46.7 Å². The molecule has 0 aliphatic carbocycles. The lowest BCUT2D eigenvalue weighted by Gasteiger charge is -2.16. The number of nitrogens with two attached hydrogens (primary N) is 2. The summed E-state index contributed by atoms with van der Waals surface area (Å²) in [4.78, 5) is 32.7. The second-order valence-corrected chi connectivity index (χ2v) is 4.48. The van der Waals surface area contributed by atoms with Crippen LogP contribution < -0.4 is 16.8 Å². The Bertz CT molecular complexity index is 361. The lowest BCUT2D eigenvalue weighted by molar-refractivity contribution is -0.142. The Labute approximate surface area is 105 Å². The topological polar surface area (TPSA) is 173 Å². The molecule has 3 atom stereocenters. The zero-order valence-corrected chi connectivity index (χ0v) is 10.2. The summed E-state index contributed by atoms with van der Waals surface area (Å²) in [7, 11) is 0. The Kier molecular flexibility index (Phi) is 7.08. The van der Waals surface area contributed by atoms with Gasteiger partial charge in [-0.1, -0.05) is 0 Å². The van der Waals surface area contributed by atoms with E-state index in [1.807, 2.05) is 0 Å². The van der Waals surface area contributed by atoms with E-state index >= 15 is 0 Å². The molecule has 0 aromatic rings. The molecule has 10 heteroatoms. The molecule has 18 heavy (non-hydrogen) atoms. The normalized spacial score (nSPS) is 15.4. The van der Waals surface area contributed by atoms with Crippen LogP contribution in [0.15, 0.2) is 0 Å². The molecule has 0 aliphatic heterocycles. The Hall–Kier alpha value is -1.52. The molecular formula is C8H15N3O6S. The predicted molar refractivity (Wildman–Crippen MR) is 61.6 cm³/mol. The first kappa shape index (κ1) is 16.5. The highest BCUT2D eigenvalue weighted by molar-refractivity contribution is 7.79. The van der Waals surface area contributed by atoms with Gasteiger partial charge in [-0.15, -0.1) is 0 Å². The van der Waals surface area contributed by atoms with E-state index in [4.69, 9.17) is 21.1 Å². The van der Waals surface area contributed by atoms with Gasteiger partial charge in [0.25, 0.3) is 0 Å². The van der Waals surface area contributed by atoms with Crippen molar-refractivity contribution >= 4 is 28.9 Å². The summed E-state index contributed by atoms with van der Waals surface area (Å²) in [6.07, 6.45) is -0.385. The van der Waals surface area contributed by atoms with E-state index in [1.54, 1.807) is 0 Å². The van der Waals surface area contributed by atoms with E-state index in [9.17, 15) is 18.6 Å². The van der Waals surface area contributed by atoms with Gasteiger partial charge in [-0.05, 0) is 6.42 Å². The summed E-state index contributed by atoms with van der Waals surface area (Å²) in [6.45, 7) is 0. The van der Waals surface area contributed by atoms with Crippen LogP contribution in [-0.2, 0) is 25.5 Å². The molecule has 0 saturated carbocycles. The fraction of sp³-hybridized carbons (Fsp3) is 0.625. The highest BCUT2D eigenvalue weighted by atomic mass is 32.2. The number of amides is 2. The number of rotatable bonds is 8. The Morgan fingerprint density at radius 2 is 1.89 bits per heavy atom.